The molecule has 2 N–H and O–H groups in total. The van der Waals surface area contributed by atoms with Crippen LogP contribution < -0.4 is 10.6 Å². The van der Waals surface area contributed by atoms with Crippen molar-refractivity contribution in [3.63, 3.8) is 0 Å². The zero-order valence-electron chi connectivity index (χ0n) is 14.1. The SMILES string of the molecule is CN(C)c1nc(N)nc(C(C#N)=Cc2ccc(-n3cccn3)c(F)c2)n1. The fourth-order valence-electron chi connectivity index (χ4n) is 2.22. The summed E-state index contributed by atoms with van der Waals surface area (Å²) in [7, 11) is 3.50. The van der Waals surface area contributed by atoms with Crippen molar-refractivity contribution in [3.05, 3.63) is 53.9 Å². The monoisotopic (exact) mass is 350 g/mol. The Balaban J connectivity index is 2.00. The van der Waals surface area contributed by atoms with Crippen molar-refractivity contribution < 1.29 is 4.39 Å². The summed E-state index contributed by atoms with van der Waals surface area (Å²) in [5.74, 6) is -0.0157. The van der Waals surface area contributed by atoms with Crippen LogP contribution in [0.3, 0.4) is 0 Å². The molecule has 0 fully saturated rings. The molecule has 0 radical (unpaired) electrons. The van der Waals surface area contributed by atoms with E-state index in [1.807, 2.05) is 6.07 Å². The number of halogens is 1. The van der Waals surface area contributed by atoms with Gasteiger partial charge in [-0.1, -0.05) is 6.07 Å². The second kappa shape index (κ2) is 6.98. The van der Waals surface area contributed by atoms with Gasteiger partial charge in [0.15, 0.2) is 5.82 Å². The Kier molecular flexibility index (Phi) is 4.57. The van der Waals surface area contributed by atoms with Crippen LogP contribution in [0, 0.1) is 17.1 Å². The Bertz CT molecular complexity index is 1000. The van der Waals surface area contributed by atoms with E-state index in [4.69, 9.17) is 5.73 Å². The average Bonchev–Trinajstić information content (AvgIpc) is 3.13. The van der Waals surface area contributed by atoms with Gasteiger partial charge < -0.3 is 10.6 Å². The van der Waals surface area contributed by atoms with E-state index in [2.05, 4.69) is 20.1 Å². The minimum atomic E-state index is -0.469. The van der Waals surface area contributed by atoms with Crippen molar-refractivity contribution in [1.29, 1.82) is 5.26 Å². The minimum Gasteiger partial charge on any atom is -0.368 e. The van der Waals surface area contributed by atoms with Crippen molar-refractivity contribution in [2.24, 2.45) is 0 Å². The lowest BCUT2D eigenvalue weighted by Gasteiger charge is -2.11. The summed E-state index contributed by atoms with van der Waals surface area (Å²) in [5, 5.41) is 13.5. The average molecular weight is 350 g/mol. The third-order valence-electron chi connectivity index (χ3n) is 3.44. The third-order valence-corrected chi connectivity index (χ3v) is 3.44. The standard InChI is InChI=1S/C17H15FN8/c1-25(2)17-23-15(22-16(20)24-17)12(10-19)8-11-4-5-14(13(18)9-11)26-7-3-6-21-26/h3-9H,1-2H3,(H2,20,22,23,24). The van der Waals surface area contributed by atoms with Crippen LogP contribution in [0.15, 0.2) is 36.7 Å². The first-order valence-electron chi connectivity index (χ1n) is 7.58. The lowest BCUT2D eigenvalue weighted by Crippen LogP contribution is -2.15. The summed E-state index contributed by atoms with van der Waals surface area (Å²) in [4.78, 5) is 13.8. The molecular formula is C17H15FN8. The molecule has 8 nitrogen and oxygen atoms in total. The quantitative estimate of drug-likeness (QED) is 0.716. The molecule has 1 aromatic carbocycles. The number of anilines is 2. The molecule has 0 aliphatic rings. The van der Waals surface area contributed by atoms with E-state index in [-0.39, 0.29) is 17.3 Å². The maximum atomic E-state index is 14.4. The number of nitrogen functional groups attached to an aromatic ring is 1. The summed E-state index contributed by atoms with van der Waals surface area (Å²) in [6.45, 7) is 0. The summed E-state index contributed by atoms with van der Waals surface area (Å²) in [5.41, 5.74) is 6.63. The smallest absolute Gasteiger partial charge is 0.230 e. The molecule has 26 heavy (non-hydrogen) atoms. The number of rotatable bonds is 4. The van der Waals surface area contributed by atoms with Gasteiger partial charge in [-0.3, -0.25) is 0 Å². The Morgan fingerprint density at radius 3 is 2.73 bits per heavy atom. The van der Waals surface area contributed by atoms with Crippen molar-refractivity contribution in [2.45, 2.75) is 0 Å². The van der Waals surface area contributed by atoms with Gasteiger partial charge >= 0.3 is 0 Å². The predicted molar refractivity (Wildman–Crippen MR) is 95.6 cm³/mol. The van der Waals surface area contributed by atoms with Crippen LogP contribution in [0.5, 0.6) is 0 Å². The van der Waals surface area contributed by atoms with Gasteiger partial charge in [-0.25, -0.2) is 9.07 Å². The first kappa shape index (κ1) is 17.0. The molecule has 0 aliphatic carbocycles. The van der Waals surface area contributed by atoms with Crippen LogP contribution >= 0.6 is 0 Å². The second-order valence-electron chi connectivity index (χ2n) is 5.54. The molecule has 0 bridgehead atoms. The van der Waals surface area contributed by atoms with Crippen LogP contribution in [0.25, 0.3) is 17.3 Å². The highest BCUT2D eigenvalue weighted by Gasteiger charge is 2.12. The first-order chi connectivity index (χ1) is 12.5. The fourth-order valence-corrected chi connectivity index (χ4v) is 2.22. The molecule has 2 aromatic heterocycles. The molecule has 9 heteroatoms. The number of hydrogen-bond donors (Lipinski definition) is 1. The summed E-state index contributed by atoms with van der Waals surface area (Å²) in [6.07, 6.45) is 4.70. The fraction of sp³-hybridized carbons (Fsp3) is 0.118. The topological polar surface area (TPSA) is 110 Å². The molecule has 0 saturated carbocycles. The van der Waals surface area contributed by atoms with Crippen LogP contribution in [-0.4, -0.2) is 38.8 Å². The number of aromatic nitrogens is 5. The number of hydrogen-bond acceptors (Lipinski definition) is 7. The number of benzene rings is 1. The molecule has 0 spiro atoms. The number of nitriles is 1. The number of nitrogens with zero attached hydrogens (tertiary/aromatic N) is 7. The number of allylic oxidation sites excluding steroid dienone is 1. The Morgan fingerprint density at radius 1 is 1.31 bits per heavy atom. The van der Waals surface area contributed by atoms with Crippen LogP contribution in [-0.2, 0) is 0 Å². The van der Waals surface area contributed by atoms with Gasteiger partial charge in [-0.15, -0.1) is 0 Å². The second-order valence-corrected chi connectivity index (χ2v) is 5.54. The molecular weight excluding hydrogens is 335 g/mol. The molecule has 0 aliphatic heterocycles. The normalized spacial score (nSPS) is 11.2. The van der Waals surface area contributed by atoms with Gasteiger partial charge in [0, 0.05) is 26.5 Å². The van der Waals surface area contributed by atoms with E-state index in [1.54, 1.807) is 49.6 Å². The molecule has 0 amide bonds. The van der Waals surface area contributed by atoms with Crippen molar-refractivity contribution >= 4 is 23.5 Å². The largest absolute Gasteiger partial charge is 0.368 e. The van der Waals surface area contributed by atoms with Gasteiger partial charge in [0.05, 0.1) is 5.57 Å². The van der Waals surface area contributed by atoms with Crippen LogP contribution in [0.1, 0.15) is 11.4 Å². The van der Waals surface area contributed by atoms with E-state index in [1.165, 1.54) is 16.8 Å². The van der Waals surface area contributed by atoms with Crippen LogP contribution in [0.2, 0.25) is 0 Å². The highest BCUT2D eigenvalue weighted by atomic mass is 19.1. The van der Waals surface area contributed by atoms with Gasteiger partial charge in [0.1, 0.15) is 17.6 Å². The molecule has 2 heterocycles. The van der Waals surface area contributed by atoms with E-state index in [0.29, 0.717) is 17.2 Å². The van der Waals surface area contributed by atoms with Crippen molar-refractivity contribution in [3.8, 4) is 11.8 Å². The molecule has 3 aromatic rings. The van der Waals surface area contributed by atoms with E-state index >= 15 is 0 Å². The van der Waals surface area contributed by atoms with E-state index < -0.39 is 5.82 Å². The Morgan fingerprint density at radius 2 is 2.12 bits per heavy atom. The Hall–Kier alpha value is -3.80. The summed E-state index contributed by atoms with van der Waals surface area (Å²) >= 11 is 0. The van der Waals surface area contributed by atoms with Gasteiger partial charge in [-0.05, 0) is 29.8 Å². The zero-order valence-corrected chi connectivity index (χ0v) is 14.1. The van der Waals surface area contributed by atoms with Crippen LogP contribution in [0.4, 0.5) is 16.3 Å². The number of nitrogens with two attached hydrogens (primary N) is 1. The molecule has 0 unspecified atom stereocenters. The molecule has 0 saturated heterocycles. The van der Waals surface area contributed by atoms with Gasteiger partial charge in [0.25, 0.3) is 0 Å². The highest BCUT2D eigenvalue weighted by Crippen LogP contribution is 2.20. The van der Waals surface area contributed by atoms with Crippen molar-refractivity contribution in [2.75, 3.05) is 24.7 Å². The van der Waals surface area contributed by atoms with E-state index in [9.17, 15) is 9.65 Å². The molecule has 130 valence electrons. The highest BCUT2D eigenvalue weighted by molar-refractivity contribution is 5.87. The lowest BCUT2D eigenvalue weighted by molar-refractivity contribution is 0.610. The van der Waals surface area contributed by atoms with Gasteiger partial charge in [-0.2, -0.15) is 25.3 Å². The lowest BCUT2D eigenvalue weighted by atomic mass is 10.1. The minimum absolute atomic E-state index is 0.0000562. The first-order valence-corrected chi connectivity index (χ1v) is 7.58. The maximum Gasteiger partial charge on any atom is 0.230 e. The maximum absolute atomic E-state index is 14.4. The van der Waals surface area contributed by atoms with Gasteiger partial charge in [0.2, 0.25) is 11.9 Å². The summed E-state index contributed by atoms with van der Waals surface area (Å²) < 4.78 is 15.8. The zero-order chi connectivity index (χ0) is 18.7. The Labute approximate surface area is 149 Å². The van der Waals surface area contributed by atoms with Crippen molar-refractivity contribution in [1.82, 2.24) is 24.7 Å². The summed E-state index contributed by atoms with van der Waals surface area (Å²) in [6, 6.07) is 8.29. The third kappa shape index (κ3) is 3.49. The van der Waals surface area contributed by atoms with E-state index in [0.717, 1.165) is 0 Å². The molecule has 0 atom stereocenters. The predicted octanol–water partition coefficient (Wildman–Crippen LogP) is 1.91. The molecule has 3 rings (SSSR count).